The molecule has 4 heteroatoms. The predicted molar refractivity (Wildman–Crippen MR) is 48.2 cm³/mol. The second kappa shape index (κ2) is 10.2. The summed E-state index contributed by atoms with van der Waals surface area (Å²) in [5.74, 6) is 2.41. The number of hydrogen-bond donors (Lipinski definition) is 2. The van der Waals surface area contributed by atoms with E-state index in [9.17, 15) is 9.59 Å². The van der Waals surface area contributed by atoms with E-state index >= 15 is 0 Å². The van der Waals surface area contributed by atoms with Crippen molar-refractivity contribution in [1.29, 1.82) is 0 Å². The second-order valence-electron chi connectivity index (χ2n) is 1.80. The molecule has 0 spiro atoms. The molecule has 2 N–H and O–H groups in total. The van der Waals surface area contributed by atoms with Crippen LogP contribution in [0.2, 0.25) is 0 Å². The molecule has 0 aliphatic heterocycles. The lowest BCUT2D eigenvalue weighted by Crippen LogP contribution is -1.85. The lowest BCUT2D eigenvalue weighted by molar-refractivity contribution is -0.132. The monoisotopic (exact) mass is 184 g/mol. The van der Waals surface area contributed by atoms with Crippen LogP contribution in [0.1, 0.15) is 20.3 Å². The third kappa shape index (κ3) is 25.3. The largest absolute Gasteiger partial charge is 0.478 e. The topological polar surface area (TPSA) is 74.6 Å². The molecule has 0 amide bonds. The van der Waals surface area contributed by atoms with E-state index in [2.05, 4.69) is 5.92 Å². The van der Waals surface area contributed by atoms with Crippen LogP contribution in [0.3, 0.4) is 0 Å². The molecule has 0 fully saturated rings. The van der Waals surface area contributed by atoms with Crippen LogP contribution in [0, 0.1) is 11.8 Å². The van der Waals surface area contributed by atoms with E-state index in [1.54, 1.807) is 13.8 Å². The molecule has 0 aliphatic carbocycles. The third-order valence-electron chi connectivity index (χ3n) is 0.681. The molecule has 0 atom stereocenters. The van der Waals surface area contributed by atoms with E-state index in [-0.39, 0.29) is 0 Å². The Bertz CT molecular complexity index is 242. The summed E-state index contributed by atoms with van der Waals surface area (Å²) in [6, 6.07) is 0. The van der Waals surface area contributed by atoms with Crippen molar-refractivity contribution in [2.45, 2.75) is 20.3 Å². The maximum Gasteiger partial charge on any atom is 0.381 e. The smallest absolute Gasteiger partial charge is 0.381 e. The van der Waals surface area contributed by atoms with E-state index < -0.39 is 11.9 Å². The highest BCUT2D eigenvalue weighted by atomic mass is 16.4. The number of carboxylic acids is 2. The quantitative estimate of drug-likeness (QED) is 0.473. The van der Waals surface area contributed by atoms with Gasteiger partial charge >= 0.3 is 11.9 Å². The Morgan fingerprint density at radius 2 is 1.92 bits per heavy atom. The van der Waals surface area contributed by atoms with Gasteiger partial charge in [-0.3, -0.25) is 0 Å². The number of allylic oxidation sites excluding steroid dienone is 1. The fraction of sp³-hybridized carbons (Fsp3) is 0.333. The Morgan fingerprint density at radius 1 is 1.38 bits per heavy atom. The van der Waals surface area contributed by atoms with E-state index in [0.29, 0.717) is 6.42 Å². The van der Waals surface area contributed by atoms with Gasteiger partial charge in [0.15, 0.2) is 0 Å². The summed E-state index contributed by atoms with van der Waals surface area (Å²) in [6.07, 6.45) is 3.16. The standard InChI is InChI=1S/C5H6O2.C4H6O2/c1-2-3-4-5(6)7;1-2-3-4(5)6/h2H2,1H3,(H,6,7);2-3H,1H3,(H,5,6). The van der Waals surface area contributed by atoms with Crippen LogP contribution in [0.15, 0.2) is 12.2 Å². The summed E-state index contributed by atoms with van der Waals surface area (Å²) in [5, 5.41) is 15.7. The maximum atomic E-state index is 9.58. The van der Waals surface area contributed by atoms with Crippen LogP contribution < -0.4 is 0 Å². The SMILES string of the molecule is CC=CC(=O)O.CCC#CC(=O)O. The summed E-state index contributed by atoms with van der Waals surface area (Å²) in [4.78, 5) is 19.1. The molecule has 0 heterocycles. The molecule has 0 aromatic carbocycles. The Balaban J connectivity index is 0. The molecular formula is C9H12O4. The van der Waals surface area contributed by atoms with Crippen LogP contribution in [0.5, 0.6) is 0 Å². The minimum absolute atomic E-state index is 0.603. The lowest BCUT2D eigenvalue weighted by Gasteiger charge is -1.68. The van der Waals surface area contributed by atoms with Gasteiger partial charge in [-0.2, -0.15) is 0 Å². The van der Waals surface area contributed by atoms with Crippen LogP contribution in [0.25, 0.3) is 0 Å². The van der Waals surface area contributed by atoms with Gasteiger partial charge in [0, 0.05) is 18.4 Å². The van der Waals surface area contributed by atoms with Gasteiger partial charge in [-0.05, 0) is 6.92 Å². The summed E-state index contributed by atoms with van der Waals surface area (Å²) in [5.41, 5.74) is 0. The lowest BCUT2D eigenvalue weighted by atomic mass is 10.5. The first-order valence-corrected chi connectivity index (χ1v) is 3.62. The van der Waals surface area contributed by atoms with Gasteiger partial charge in [-0.25, -0.2) is 9.59 Å². The molecule has 0 unspecified atom stereocenters. The van der Waals surface area contributed by atoms with Crippen molar-refractivity contribution in [3.63, 3.8) is 0 Å². The Labute approximate surface area is 76.9 Å². The molecule has 0 rings (SSSR count). The minimum Gasteiger partial charge on any atom is -0.478 e. The van der Waals surface area contributed by atoms with Crippen molar-refractivity contribution in [2.75, 3.05) is 0 Å². The first-order chi connectivity index (χ1) is 6.04. The van der Waals surface area contributed by atoms with Crippen molar-refractivity contribution in [1.82, 2.24) is 0 Å². The molecular weight excluding hydrogens is 172 g/mol. The van der Waals surface area contributed by atoms with Gasteiger partial charge in [0.05, 0.1) is 0 Å². The molecule has 13 heavy (non-hydrogen) atoms. The molecule has 0 aliphatic rings. The van der Waals surface area contributed by atoms with Crippen LogP contribution in [0.4, 0.5) is 0 Å². The number of hydrogen-bond acceptors (Lipinski definition) is 2. The fourth-order valence-electron chi connectivity index (χ4n) is 0.307. The molecule has 4 nitrogen and oxygen atoms in total. The Kier molecular flexibility index (Phi) is 10.9. The van der Waals surface area contributed by atoms with Crippen LogP contribution in [-0.2, 0) is 9.59 Å². The second-order valence-corrected chi connectivity index (χ2v) is 1.80. The normalized spacial score (nSPS) is 7.85. The van der Waals surface area contributed by atoms with Crippen molar-refractivity contribution in [3.05, 3.63) is 12.2 Å². The van der Waals surface area contributed by atoms with Gasteiger partial charge in [-0.15, -0.1) is 0 Å². The van der Waals surface area contributed by atoms with Crippen molar-refractivity contribution >= 4 is 11.9 Å². The third-order valence-corrected chi connectivity index (χ3v) is 0.681. The molecule has 72 valence electrons. The fourth-order valence-corrected chi connectivity index (χ4v) is 0.307. The Hall–Kier alpha value is -1.76. The van der Waals surface area contributed by atoms with E-state index in [4.69, 9.17) is 10.2 Å². The highest BCUT2D eigenvalue weighted by molar-refractivity contribution is 5.86. The zero-order valence-electron chi connectivity index (χ0n) is 7.57. The van der Waals surface area contributed by atoms with E-state index in [1.165, 1.54) is 6.08 Å². The molecule has 0 saturated carbocycles. The number of rotatable bonds is 1. The number of carboxylic acid groups (broad SMARTS) is 2. The van der Waals surface area contributed by atoms with Crippen molar-refractivity contribution in [3.8, 4) is 11.8 Å². The summed E-state index contributed by atoms with van der Waals surface area (Å²) in [6.45, 7) is 3.46. The van der Waals surface area contributed by atoms with Gasteiger partial charge in [0.1, 0.15) is 0 Å². The van der Waals surface area contributed by atoms with Crippen molar-refractivity contribution < 1.29 is 19.8 Å². The summed E-state index contributed by atoms with van der Waals surface area (Å²) in [7, 11) is 0. The average molecular weight is 184 g/mol. The summed E-state index contributed by atoms with van der Waals surface area (Å²) < 4.78 is 0. The summed E-state index contributed by atoms with van der Waals surface area (Å²) >= 11 is 0. The minimum atomic E-state index is -1.05. The van der Waals surface area contributed by atoms with Gasteiger partial charge in [0.2, 0.25) is 0 Å². The zero-order valence-corrected chi connectivity index (χ0v) is 7.57. The highest BCUT2D eigenvalue weighted by Crippen LogP contribution is 1.65. The van der Waals surface area contributed by atoms with E-state index in [0.717, 1.165) is 6.08 Å². The van der Waals surface area contributed by atoms with E-state index in [1.807, 2.05) is 5.92 Å². The maximum absolute atomic E-state index is 9.58. The number of aliphatic carboxylic acids is 2. The van der Waals surface area contributed by atoms with Gasteiger partial charge in [-0.1, -0.05) is 18.9 Å². The molecule has 0 saturated heterocycles. The van der Waals surface area contributed by atoms with Crippen molar-refractivity contribution in [2.24, 2.45) is 0 Å². The zero-order chi connectivity index (χ0) is 10.7. The molecule has 0 aromatic rings. The highest BCUT2D eigenvalue weighted by Gasteiger charge is 1.78. The molecule has 0 radical (unpaired) electrons. The predicted octanol–water partition coefficient (Wildman–Crippen LogP) is 1.13. The first kappa shape index (κ1) is 13.8. The number of carbonyl (C=O) groups is 2. The molecule has 0 bridgehead atoms. The average Bonchev–Trinajstić information content (AvgIpc) is 2.01. The van der Waals surface area contributed by atoms with Gasteiger partial charge in [0.25, 0.3) is 0 Å². The van der Waals surface area contributed by atoms with Gasteiger partial charge < -0.3 is 10.2 Å². The Morgan fingerprint density at radius 3 is 2.00 bits per heavy atom. The first-order valence-electron chi connectivity index (χ1n) is 3.62. The van der Waals surface area contributed by atoms with Crippen LogP contribution in [-0.4, -0.2) is 22.2 Å². The van der Waals surface area contributed by atoms with Crippen LogP contribution >= 0.6 is 0 Å². The molecule has 0 aromatic heterocycles.